The molecule has 0 radical (unpaired) electrons. The summed E-state index contributed by atoms with van der Waals surface area (Å²) in [4.78, 5) is 24.1. The van der Waals surface area contributed by atoms with Crippen LogP contribution in [0.25, 0.3) is 11.1 Å². The number of carbonyl (C=O) groups is 1. The number of nitro benzene ring substituents is 1. The van der Waals surface area contributed by atoms with Crippen molar-refractivity contribution in [2.24, 2.45) is 0 Å². The molecule has 0 saturated carbocycles. The number of nitrogens with zero attached hydrogens (tertiary/aromatic N) is 1. The Morgan fingerprint density at radius 2 is 1.45 bits per heavy atom. The van der Waals surface area contributed by atoms with Gasteiger partial charge in [0.15, 0.2) is 5.75 Å². The molecule has 0 fully saturated rings. The van der Waals surface area contributed by atoms with Crippen molar-refractivity contribution in [2.45, 2.75) is 97.5 Å². The maximum absolute atomic E-state index is 12.7. The summed E-state index contributed by atoms with van der Waals surface area (Å²) in [6, 6.07) is 18.8. The van der Waals surface area contributed by atoms with Crippen molar-refractivity contribution >= 4 is 11.7 Å². The minimum atomic E-state index is -0.472. The molecular formula is C37H47NO6. The first-order valence-corrected chi connectivity index (χ1v) is 16.1. The molecule has 0 spiro atoms. The van der Waals surface area contributed by atoms with Gasteiger partial charge in [-0.1, -0.05) is 76.3 Å². The zero-order valence-electron chi connectivity index (χ0n) is 26.5. The van der Waals surface area contributed by atoms with E-state index in [4.69, 9.17) is 14.2 Å². The molecule has 3 aromatic carbocycles. The highest BCUT2D eigenvalue weighted by atomic mass is 16.6. The fourth-order valence-electron chi connectivity index (χ4n) is 4.75. The second kappa shape index (κ2) is 19.2. The molecule has 236 valence electrons. The van der Waals surface area contributed by atoms with Crippen LogP contribution in [0.3, 0.4) is 0 Å². The van der Waals surface area contributed by atoms with Gasteiger partial charge < -0.3 is 14.2 Å². The highest BCUT2D eigenvalue weighted by molar-refractivity contribution is 5.91. The van der Waals surface area contributed by atoms with Crippen molar-refractivity contribution in [2.75, 3.05) is 6.61 Å². The Balaban J connectivity index is 1.50. The molecule has 3 rings (SSSR count). The van der Waals surface area contributed by atoms with E-state index in [-0.39, 0.29) is 17.5 Å². The van der Waals surface area contributed by atoms with Crippen molar-refractivity contribution in [3.8, 4) is 28.4 Å². The lowest BCUT2D eigenvalue weighted by atomic mass is 10.0. The van der Waals surface area contributed by atoms with E-state index >= 15 is 0 Å². The molecule has 0 amide bonds. The van der Waals surface area contributed by atoms with Crippen LogP contribution in [0.1, 0.15) is 102 Å². The van der Waals surface area contributed by atoms with E-state index in [0.29, 0.717) is 23.5 Å². The third-order valence-electron chi connectivity index (χ3n) is 7.36. The first-order chi connectivity index (χ1) is 21.4. The molecule has 7 nitrogen and oxygen atoms in total. The van der Waals surface area contributed by atoms with Crippen molar-refractivity contribution in [3.63, 3.8) is 0 Å². The number of allylic oxidation sites excluding steroid dienone is 2. The van der Waals surface area contributed by atoms with Crippen LogP contribution in [0.15, 0.2) is 78.9 Å². The van der Waals surface area contributed by atoms with Crippen LogP contribution in [0, 0.1) is 10.1 Å². The maximum Gasteiger partial charge on any atom is 0.343 e. The smallest absolute Gasteiger partial charge is 0.343 e. The Kier molecular flexibility index (Phi) is 15.0. The number of esters is 1. The quantitative estimate of drug-likeness (QED) is 0.0320. The van der Waals surface area contributed by atoms with Crippen molar-refractivity contribution in [3.05, 3.63) is 94.6 Å². The SMILES string of the molecule is CCCC/C=C/CCCCOc1ccc(C(=O)Oc2ccc(-c3ccc(OC(C)CCCCCC)c([N+](=O)[O-])c3)cc2)cc1. The number of rotatable bonds is 20. The van der Waals surface area contributed by atoms with Gasteiger partial charge in [-0.15, -0.1) is 0 Å². The van der Waals surface area contributed by atoms with Gasteiger partial charge in [-0.25, -0.2) is 4.79 Å². The Morgan fingerprint density at radius 3 is 2.14 bits per heavy atom. The molecule has 1 atom stereocenters. The van der Waals surface area contributed by atoms with E-state index in [1.165, 1.54) is 25.3 Å². The maximum atomic E-state index is 12.7. The molecule has 0 saturated heterocycles. The number of hydrogen-bond donors (Lipinski definition) is 0. The first kappa shape index (κ1) is 34.4. The van der Waals surface area contributed by atoms with Gasteiger partial charge >= 0.3 is 11.7 Å². The van der Waals surface area contributed by atoms with Crippen molar-refractivity contribution in [1.29, 1.82) is 0 Å². The van der Waals surface area contributed by atoms with Gasteiger partial charge in [0.05, 0.1) is 23.2 Å². The molecule has 0 aromatic heterocycles. The predicted octanol–water partition coefficient (Wildman–Crippen LogP) is 10.5. The van der Waals surface area contributed by atoms with Gasteiger partial charge in [-0.2, -0.15) is 0 Å². The van der Waals surface area contributed by atoms with E-state index in [9.17, 15) is 14.9 Å². The number of carbonyl (C=O) groups excluding carboxylic acids is 1. The number of ether oxygens (including phenoxy) is 3. The molecule has 44 heavy (non-hydrogen) atoms. The Morgan fingerprint density at radius 1 is 0.795 bits per heavy atom. The van der Waals surface area contributed by atoms with Crippen LogP contribution in [0.4, 0.5) is 5.69 Å². The lowest BCUT2D eigenvalue weighted by Crippen LogP contribution is -2.12. The van der Waals surface area contributed by atoms with E-state index in [1.807, 2.05) is 13.0 Å². The van der Waals surface area contributed by atoms with Crippen LogP contribution >= 0.6 is 0 Å². The summed E-state index contributed by atoms with van der Waals surface area (Å²) >= 11 is 0. The van der Waals surface area contributed by atoms with Gasteiger partial charge in [-0.3, -0.25) is 10.1 Å². The minimum absolute atomic E-state index is 0.0687. The van der Waals surface area contributed by atoms with Crippen molar-refractivity contribution in [1.82, 2.24) is 0 Å². The highest BCUT2D eigenvalue weighted by Gasteiger charge is 2.19. The second-order valence-electron chi connectivity index (χ2n) is 11.1. The Bertz CT molecular complexity index is 1320. The van der Waals surface area contributed by atoms with Crippen LogP contribution in [0.2, 0.25) is 0 Å². The number of hydrogen-bond acceptors (Lipinski definition) is 6. The molecule has 3 aromatic rings. The van der Waals surface area contributed by atoms with Crippen LogP contribution in [-0.2, 0) is 0 Å². The van der Waals surface area contributed by atoms with E-state index in [0.717, 1.165) is 62.7 Å². The zero-order chi connectivity index (χ0) is 31.6. The lowest BCUT2D eigenvalue weighted by molar-refractivity contribution is -0.386. The third kappa shape index (κ3) is 11.9. The summed E-state index contributed by atoms with van der Waals surface area (Å²) in [6.07, 6.45) is 16.5. The summed E-state index contributed by atoms with van der Waals surface area (Å²) in [5, 5.41) is 11.8. The molecule has 0 aliphatic carbocycles. The van der Waals surface area contributed by atoms with Gasteiger partial charge in [0.2, 0.25) is 0 Å². The van der Waals surface area contributed by atoms with Crippen molar-refractivity contribution < 1.29 is 23.9 Å². The zero-order valence-corrected chi connectivity index (χ0v) is 26.5. The molecule has 0 N–H and O–H groups in total. The van der Waals surface area contributed by atoms with Gasteiger partial charge in [0, 0.05) is 6.07 Å². The summed E-state index contributed by atoms with van der Waals surface area (Å²) < 4.78 is 17.3. The predicted molar refractivity (Wildman–Crippen MR) is 177 cm³/mol. The number of nitro groups is 1. The highest BCUT2D eigenvalue weighted by Crippen LogP contribution is 2.34. The molecule has 0 heterocycles. The summed E-state index contributed by atoms with van der Waals surface area (Å²) in [6.45, 7) is 6.95. The normalized spacial score (nSPS) is 11.8. The molecular weight excluding hydrogens is 554 g/mol. The summed E-state index contributed by atoms with van der Waals surface area (Å²) in [7, 11) is 0. The standard InChI is InChI=1S/C37H47NO6/c1-4-6-8-10-11-12-13-15-27-42-33-22-19-31(20-23-33)37(39)44-34-24-17-30(18-25-34)32-21-26-36(35(28-32)38(40)41)43-29(3)16-14-9-7-5-2/h10-11,17-26,28-29H,4-9,12-16,27H2,1-3H3/b11-10+. The minimum Gasteiger partial charge on any atom is -0.494 e. The summed E-state index contributed by atoms with van der Waals surface area (Å²) in [5.41, 5.74) is 1.79. The first-order valence-electron chi connectivity index (χ1n) is 16.1. The molecule has 7 heteroatoms. The molecule has 0 bridgehead atoms. The van der Waals surface area contributed by atoms with Gasteiger partial charge in [0.25, 0.3) is 0 Å². The van der Waals surface area contributed by atoms with Crippen LogP contribution in [-0.4, -0.2) is 23.6 Å². The molecule has 0 aliphatic rings. The third-order valence-corrected chi connectivity index (χ3v) is 7.36. The lowest BCUT2D eigenvalue weighted by Gasteiger charge is -2.15. The van der Waals surface area contributed by atoms with Gasteiger partial charge in [0.1, 0.15) is 11.5 Å². The summed E-state index contributed by atoms with van der Waals surface area (Å²) in [5.74, 6) is 0.903. The number of unbranched alkanes of at least 4 members (excludes halogenated alkanes) is 7. The van der Waals surface area contributed by atoms with Gasteiger partial charge in [-0.05, 0) is 99.0 Å². The number of benzene rings is 3. The Hall–Kier alpha value is -4.13. The van der Waals surface area contributed by atoms with E-state index in [2.05, 4.69) is 26.0 Å². The van der Waals surface area contributed by atoms with E-state index < -0.39 is 10.9 Å². The average molecular weight is 602 g/mol. The van der Waals surface area contributed by atoms with Crippen LogP contribution < -0.4 is 14.2 Å². The van der Waals surface area contributed by atoms with E-state index in [1.54, 1.807) is 54.6 Å². The fourth-order valence-corrected chi connectivity index (χ4v) is 4.75. The molecule has 0 aliphatic heterocycles. The Labute approximate surface area is 262 Å². The fraction of sp³-hybridized carbons (Fsp3) is 0.432. The topological polar surface area (TPSA) is 87.9 Å². The molecule has 1 unspecified atom stereocenters. The average Bonchev–Trinajstić information content (AvgIpc) is 3.03. The van der Waals surface area contributed by atoms with Crippen LogP contribution in [0.5, 0.6) is 17.2 Å². The largest absolute Gasteiger partial charge is 0.494 e. The monoisotopic (exact) mass is 601 g/mol. The second-order valence-corrected chi connectivity index (χ2v) is 11.1.